The highest BCUT2D eigenvalue weighted by molar-refractivity contribution is 5.82. The maximum atomic E-state index is 12.5. The second kappa shape index (κ2) is 10.8. The van der Waals surface area contributed by atoms with Gasteiger partial charge < -0.3 is 23.8 Å². The summed E-state index contributed by atoms with van der Waals surface area (Å²) >= 11 is 0. The Kier molecular flexibility index (Phi) is 7.39. The molecule has 2 aromatic carbocycles. The SMILES string of the molecule is Cc1cc(O)cc(=O)n1Cc1ccccc1.Cc1cc2oc(=O)cc(O)c2c(=O)n1Cc1ccccc1. The Morgan fingerprint density at radius 1 is 0.703 bits per heavy atom. The van der Waals surface area contributed by atoms with E-state index in [1.165, 1.54) is 10.6 Å². The normalized spacial score (nSPS) is 10.6. The Balaban J connectivity index is 0.000000180. The molecule has 0 radical (unpaired) electrons. The summed E-state index contributed by atoms with van der Waals surface area (Å²) in [4.78, 5) is 35.5. The fourth-order valence-corrected chi connectivity index (χ4v) is 4.02. The van der Waals surface area contributed by atoms with Crippen molar-refractivity contribution in [1.82, 2.24) is 9.13 Å². The van der Waals surface area contributed by atoms with Crippen LogP contribution in [0, 0.1) is 13.8 Å². The molecule has 0 aliphatic carbocycles. The number of rotatable bonds is 4. The summed E-state index contributed by atoms with van der Waals surface area (Å²) in [6, 6.07) is 24.6. The van der Waals surface area contributed by atoms with E-state index in [4.69, 9.17) is 4.42 Å². The van der Waals surface area contributed by atoms with Crippen LogP contribution in [-0.4, -0.2) is 19.3 Å². The average molecular weight is 499 g/mol. The summed E-state index contributed by atoms with van der Waals surface area (Å²) in [5, 5.41) is 19.1. The van der Waals surface area contributed by atoms with E-state index in [2.05, 4.69) is 0 Å². The molecule has 2 N–H and O–H groups in total. The van der Waals surface area contributed by atoms with Crippen molar-refractivity contribution in [2.75, 3.05) is 0 Å². The molecule has 8 nitrogen and oxygen atoms in total. The Labute approximate surface area is 211 Å². The highest BCUT2D eigenvalue weighted by atomic mass is 16.4. The zero-order valence-electron chi connectivity index (χ0n) is 20.4. The zero-order valence-corrected chi connectivity index (χ0v) is 20.4. The molecule has 188 valence electrons. The summed E-state index contributed by atoms with van der Waals surface area (Å²) in [5.74, 6) is -0.333. The van der Waals surface area contributed by atoms with E-state index in [1.54, 1.807) is 23.6 Å². The lowest BCUT2D eigenvalue weighted by Gasteiger charge is -2.11. The molecule has 37 heavy (non-hydrogen) atoms. The fourth-order valence-electron chi connectivity index (χ4n) is 4.02. The molecule has 5 aromatic rings. The first-order valence-electron chi connectivity index (χ1n) is 11.6. The van der Waals surface area contributed by atoms with Crippen molar-refractivity contribution in [1.29, 1.82) is 0 Å². The minimum absolute atomic E-state index is 0.0202. The highest BCUT2D eigenvalue weighted by Crippen LogP contribution is 2.20. The van der Waals surface area contributed by atoms with E-state index in [1.807, 2.05) is 67.6 Å². The molecule has 0 unspecified atom stereocenters. The van der Waals surface area contributed by atoms with Gasteiger partial charge in [0.2, 0.25) is 0 Å². The quantitative estimate of drug-likeness (QED) is 0.388. The van der Waals surface area contributed by atoms with Crippen molar-refractivity contribution >= 4 is 11.0 Å². The number of benzene rings is 2. The van der Waals surface area contributed by atoms with E-state index < -0.39 is 5.63 Å². The van der Waals surface area contributed by atoms with Crippen LogP contribution in [0.5, 0.6) is 11.5 Å². The first-order chi connectivity index (χ1) is 17.7. The number of hydrogen-bond acceptors (Lipinski definition) is 6. The minimum Gasteiger partial charge on any atom is -0.508 e. The topological polar surface area (TPSA) is 115 Å². The molecule has 8 heteroatoms. The molecule has 0 saturated heterocycles. The Hall–Kier alpha value is -4.85. The number of pyridine rings is 2. The van der Waals surface area contributed by atoms with E-state index in [0.717, 1.165) is 22.9 Å². The number of aryl methyl sites for hydroxylation is 2. The third-order valence-electron chi connectivity index (χ3n) is 5.88. The van der Waals surface area contributed by atoms with Gasteiger partial charge in [-0.1, -0.05) is 60.7 Å². The van der Waals surface area contributed by atoms with E-state index in [-0.39, 0.29) is 33.6 Å². The third kappa shape index (κ3) is 5.87. The van der Waals surface area contributed by atoms with Crippen molar-refractivity contribution < 1.29 is 14.6 Å². The van der Waals surface area contributed by atoms with Gasteiger partial charge in [0.05, 0.1) is 19.2 Å². The Bertz CT molecular complexity index is 1720. The molecule has 0 aliphatic rings. The lowest BCUT2D eigenvalue weighted by molar-refractivity contribution is 0.466. The Morgan fingerprint density at radius 3 is 1.81 bits per heavy atom. The summed E-state index contributed by atoms with van der Waals surface area (Å²) < 4.78 is 8.15. The van der Waals surface area contributed by atoms with Crippen molar-refractivity contribution in [3.8, 4) is 11.5 Å². The third-order valence-corrected chi connectivity index (χ3v) is 5.88. The van der Waals surface area contributed by atoms with Crippen LogP contribution in [0.2, 0.25) is 0 Å². The van der Waals surface area contributed by atoms with Crippen molar-refractivity contribution in [3.63, 3.8) is 0 Å². The average Bonchev–Trinajstić information content (AvgIpc) is 2.85. The number of fused-ring (bicyclic) bond motifs is 1. The lowest BCUT2D eigenvalue weighted by Crippen LogP contribution is -2.23. The van der Waals surface area contributed by atoms with Gasteiger partial charge in [0, 0.05) is 23.5 Å². The van der Waals surface area contributed by atoms with Gasteiger partial charge in [-0.05, 0) is 31.0 Å². The van der Waals surface area contributed by atoms with Crippen LogP contribution in [0.4, 0.5) is 0 Å². The molecule has 0 bridgehead atoms. The summed E-state index contributed by atoms with van der Waals surface area (Å²) in [7, 11) is 0. The fraction of sp³-hybridized carbons (Fsp3) is 0.138. The van der Waals surface area contributed by atoms with Gasteiger partial charge in [0.25, 0.3) is 11.1 Å². The molecule has 3 heterocycles. The van der Waals surface area contributed by atoms with Gasteiger partial charge in [-0.25, -0.2) is 4.79 Å². The monoisotopic (exact) mass is 498 g/mol. The van der Waals surface area contributed by atoms with Gasteiger partial charge in [0.1, 0.15) is 22.5 Å². The largest absolute Gasteiger partial charge is 0.508 e. The second-order valence-electron chi connectivity index (χ2n) is 8.62. The molecule has 0 aliphatic heterocycles. The smallest absolute Gasteiger partial charge is 0.339 e. The molecule has 0 saturated carbocycles. The van der Waals surface area contributed by atoms with Crippen molar-refractivity contribution in [3.05, 3.63) is 139 Å². The van der Waals surface area contributed by atoms with Gasteiger partial charge in [-0.15, -0.1) is 0 Å². The Morgan fingerprint density at radius 2 is 1.24 bits per heavy atom. The highest BCUT2D eigenvalue weighted by Gasteiger charge is 2.13. The number of aromatic nitrogens is 2. The first-order valence-corrected chi connectivity index (χ1v) is 11.6. The van der Waals surface area contributed by atoms with Crippen LogP contribution >= 0.6 is 0 Å². The number of aromatic hydroxyl groups is 2. The lowest BCUT2D eigenvalue weighted by atomic mass is 10.2. The summed E-state index contributed by atoms with van der Waals surface area (Å²) in [6.45, 7) is 4.49. The van der Waals surface area contributed by atoms with Crippen LogP contribution in [0.15, 0.2) is 104 Å². The zero-order chi connectivity index (χ0) is 26.5. The van der Waals surface area contributed by atoms with Gasteiger partial charge >= 0.3 is 5.63 Å². The first kappa shape index (κ1) is 25.2. The molecular weight excluding hydrogens is 472 g/mol. The summed E-state index contributed by atoms with van der Waals surface area (Å²) in [6.07, 6.45) is 0. The molecule has 0 fully saturated rings. The number of hydrogen-bond donors (Lipinski definition) is 2. The van der Waals surface area contributed by atoms with Crippen LogP contribution in [0.3, 0.4) is 0 Å². The minimum atomic E-state index is -0.681. The van der Waals surface area contributed by atoms with Crippen LogP contribution in [0.25, 0.3) is 11.0 Å². The van der Waals surface area contributed by atoms with Crippen molar-refractivity contribution in [2.24, 2.45) is 0 Å². The van der Waals surface area contributed by atoms with E-state index in [0.29, 0.717) is 18.8 Å². The van der Waals surface area contributed by atoms with E-state index in [9.17, 15) is 24.6 Å². The molecule has 5 rings (SSSR count). The van der Waals surface area contributed by atoms with Crippen LogP contribution in [-0.2, 0) is 13.1 Å². The van der Waals surface area contributed by atoms with Gasteiger partial charge in [0.15, 0.2) is 0 Å². The van der Waals surface area contributed by atoms with E-state index >= 15 is 0 Å². The second-order valence-corrected chi connectivity index (χ2v) is 8.62. The van der Waals surface area contributed by atoms with Gasteiger partial charge in [-0.3, -0.25) is 9.59 Å². The molecule has 0 spiro atoms. The maximum absolute atomic E-state index is 12.5. The van der Waals surface area contributed by atoms with Crippen molar-refractivity contribution in [2.45, 2.75) is 26.9 Å². The maximum Gasteiger partial charge on any atom is 0.339 e. The molecule has 3 aromatic heterocycles. The molecule has 0 atom stereocenters. The predicted molar refractivity (Wildman–Crippen MR) is 141 cm³/mol. The van der Waals surface area contributed by atoms with Gasteiger partial charge in [-0.2, -0.15) is 0 Å². The van der Waals surface area contributed by atoms with Crippen LogP contribution in [0.1, 0.15) is 22.5 Å². The standard InChI is InChI=1S/C16H13NO4.C13H13NO2/c1-10-7-13-15(12(18)8-14(19)21-13)16(20)17(10)9-11-5-3-2-4-6-11;1-10-7-12(15)8-13(16)14(10)9-11-5-3-2-4-6-11/h2-8,18H,9H2,1H3;2-8,15H,9H2,1H3. The summed E-state index contributed by atoms with van der Waals surface area (Å²) in [5.41, 5.74) is 2.32. The predicted octanol–water partition coefficient (Wildman–Crippen LogP) is 3.93. The molecule has 0 amide bonds. The van der Waals surface area contributed by atoms with Crippen LogP contribution < -0.4 is 16.7 Å². The molecular formula is C29H26N2O6. The number of nitrogens with zero attached hydrogens (tertiary/aromatic N) is 2.